The molecule has 3 rings (SSSR count). The first-order valence-electron chi connectivity index (χ1n) is 8.15. The molecule has 1 aliphatic heterocycles. The van der Waals surface area contributed by atoms with Gasteiger partial charge in [0.2, 0.25) is 0 Å². The van der Waals surface area contributed by atoms with Crippen LogP contribution in [0.3, 0.4) is 0 Å². The molecular weight excluding hydrogens is 326 g/mol. The average molecular weight is 349 g/mol. The number of nitrogens with one attached hydrogen (secondary N) is 2. The summed E-state index contributed by atoms with van der Waals surface area (Å²) in [5.74, 6) is 2.87. The zero-order valence-electron chi connectivity index (χ0n) is 14.0. The topological polar surface area (TPSA) is 91.7 Å². The average Bonchev–Trinajstić information content (AvgIpc) is 3.20. The van der Waals surface area contributed by atoms with Crippen LogP contribution in [0.2, 0.25) is 0 Å². The highest BCUT2D eigenvalue weighted by molar-refractivity contribution is 7.99. The second kappa shape index (κ2) is 7.69. The highest BCUT2D eigenvalue weighted by atomic mass is 32.2. The zero-order chi connectivity index (χ0) is 16.9. The number of H-pyrrole nitrogens is 1. The fourth-order valence-electron chi connectivity index (χ4n) is 2.79. The fraction of sp³-hybridized carbons (Fsp3) is 0.600. The Morgan fingerprint density at radius 3 is 2.88 bits per heavy atom. The third-order valence-electron chi connectivity index (χ3n) is 4.15. The summed E-state index contributed by atoms with van der Waals surface area (Å²) in [6.45, 7) is 4.03. The third kappa shape index (κ3) is 4.08. The van der Waals surface area contributed by atoms with Gasteiger partial charge in [-0.15, -0.1) is 0 Å². The molecule has 0 atom stereocenters. The smallest absolute Gasteiger partial charge is 0.317 e. The third-order valence-corrected chi connectivity index (χ3v) is 5.21. The molecule has 2 amide bonds. The zero-order valence-corrected chi connectivity index (χ0v) is 14.8. The molecule has 130 valence electrons. The number of urea groups is 1. The van der Waals surface area contributed by atoms with Gasteiger partial charge in [0.15, 0.2) is 11.0 Å². The van der Waals surface area contributed by atoms with E-state index in [-0.39, 0.29) is 6.03 Å². The van der Waals surface area contributed by atoms with Gasteiger partial charge in [-0.1, -0.05) is 11.8 Å². The Morgan fingerprint density at radius 2 is 2.25 bits per heavy atom. The standard InChI is InChI=1S/C15H23N7OS/c1-11-18-13(20-19-11)12-3-7-22(8-4-12)14(23)16-6-10-24-15-17-5-9-21(15)2/h5,9,12H,3-4,6-8,10H2,1-2H3,(H,16,23)(H,18,19,20). The summed E-state index contributed by atoms with van der Waals surface area (Å²) < 4.78 is 1.97. The minimum absolute atomic E-state index is 0.0139. The molecule has 9 heteroatoms. The van der Waals surface area contributed by atoms with E-state index in [0.29, 0.717) is 12.5 Å². The number of thioether (sulfide) groups is 1. The molecule has 0 unspecified atom stereocenters. The number of hydrogen-bond acceptors (Lipinski definition) is 5. The fourth-order valence-corrected chi connectivity index (χ4v) is 3.57. The molecule has 0 spiro atoms. The number of rotatable bonds is 5. The van der Waals surface area contributed by atoms with Gasteiger partial charge >= 0.3 is 6.03 Å². The van der Waals surface area contributed by atoms with E-state index >= 15 is 0 Å². The minimum Gasteiger partial charge on any atom is -0.337 e. The molecular formula is C15H23N7OS. The summed E-state index contributed by atoms with van der Waals surface area (Å²) in [6.07, 6.45) is 5.51. The molecule has 0 radical (unpaired) electrons. The summed E-state index contributed by atoms with van der Waals surface area (Å²) in [5.41, 5.74) is 0. The first-order valence-corrected chi connectivity index (χ1v) is 9.14. The maximum absolute atomic E-state index is 12.2. The van der Waals surface area contributed by atoms with Gasteiger partial charge in [0.25, 0.3) is 0 Å². The Labute approximate surface area is 145 Å². The SMILES string of the molecule is Cc1nc(C2CCN(C(=O)NCCSc3nccn3C)CC2)n[nH]1. The van der Waals surface area contributed by atoms with Crippen molar-refractivity contribution < 1.29 is 4.79 Å². The Morgan fingerprint density at radius 1 is 1.46 bits per heavy atom. The van der Waals surface area contributed by atoms with Crippen LogP contribution in [0, 0.1) is 6.92 Å². The van der Waals surface area contributed by atoms with Crippen LogP contribution in [0.25, 0.3) is 0 Å². The lowest BCUT2D eigenvalue weighted by atomic mass is 9.96. The lowest BCUT2D eigenvalue weighted by molar-refractivity contribution is 0.181. The molecule has 2 aromatic heterocycles. The number of amides is 2. The molecule has 24 heavy (non-hydrogen) atoms. The van der Waals surface area contributed by atoms with Crippen LogP contribution in [0.15, 0.2) is 17.6 Å². The van der Waals surface area contributed by atoms with Crippen LogP contribution < -0.4 is 5.32 Å². The molecule has 1 aliphatic rings. The second-order valence-electron chi connectivity index (χ2n) is 5.94. The van der Waals surface area contributed by atoms with Crippen molar-refractivity contribution in [2.24, 2.45) is 7.05 Å². The van der Waals surface area contributed by atoms with E-state index in [2.05, 4.69) is 25.5 Å². The van der Waals surface area contributed by atoms with Crippen molar-refractivity contribution in [3.8, 4) is 0 Å². The van der Waals surface area contributed by atoms with E-state index in [1.165, 1.54) is 0 Å². The van der Waals surface area contributed by atoms with Gasteiger partial charge in [-0.3, -0.25) is 5.10 Å². The predicted octanol–water partition coefficient (Wildman–Crippen LogP) is 1.53. The molecule has 0 bridgehead atoms. The Hall–Kier alpha value is -2.03. The molecule has 1 saturated heterocycles. The van der Waals surface area contributed by atoms with E-state index in [0.717, 1.165) is 48.5 Å². The molecule has 1 fully saturated rings. The van der Waals surface area contributed by atoms with E-state index < -0.39 is 0 Å². The number of aromatic nitrogens is 5. The maximum atomic E-state index is 12.2. The highest BCUT2D eigenvalue weighted by Crippen LogP contribution is 2.25. The van der Waals surface area contributed by atoms with E-state index in [1.54, 1.807) is 18.0 Å². The van der Waals surface area contributed by atoms with Crippen LogP contribution in [-0.2, 0) is 7.05 Å². The van der Waals surface area contributed by atoms with Crippen LogP contribution in [0.4, 0.5) is 4.79 Å². The van der Waals surface area contributed by atoms with Crippen LogP contribution in [0.1, 0.15) is 30.4 Å². The Balaban J connectivity index is 1.37. The van der Waals surface area contributed by atoms with Crippen molar-refractivity contribution in [2.75, 3.05) is 25.4 Å². The minimum atomic E-state index is 0.0139. The van der Waals surface area contributed by atoms with Gasteiger partial charge in [0, 0.05) is 50.7 Å². The second-order valence-corrected chi connectivity index (χ2v) is 7.00. The van der Waals surface area contributed by atoms with Crippen LogP contribution >= 0.6 is 11.8 Å². The molecule has 2 N–H and O–H groups in total. The summed E-state index contributed by atoms with van der Waals surface area (Å²) >= 11 is 1.64. The van der Waals surface area contributed by atoms with Gasteiger partial charge in [-0.05, 0) is 19.8 Å². The number of likely N-dealkylation sites (tertiary alicyclic amines) is 1. The van der Waals surface area contributed by atoms with E-state index in [4.69, 9.17) is 0 Å². The lowest BCUT2D eigenvalue weighted by Crippen LogP contribution is -2.44. The number of piperidine rings is 1. The summed E-state index contributed by atoms with van der Waals surface area (Å²) in [4.78, 5) is 22.7. The first kappa shape index (κ1) is 16.8. The molecule has 0 saturated carbocycles. The summed E-state index contributed by atoms with van der Waals surface area (Å²) in [6, 6.07) is 0.0139. The molecule has 8 nitrogen and oxygen atoms in total. The van der Waals surface area contributed by atoms with Crippen LogP contribution in [0.5, 0.6) is 0 Å². The number of carbonyl (C=O) groups is 1. The molecule has 2 aromatic rings. The highest BCUT2D eigenvalue weighted by Gasteiger charge is 2.25. The predicted molar refractivity (Wildman–Crippen MR) is 92.0 cm³/mol. The van der Waals surface area contributed by atoms with Crippen molar-refractivity contribution in [1.29, 1.82) is 0 Å². The van der Waals surface area contributed by atoms with Crippen molar-refractivity contribution in [3.63, 3.8) is 0 Å². The number of aromatic amines is 1. The molecule has 0 aliphatic carbocycles. The number of carbonyl (C=O) groups excluding carboxylic acids is 1. The van der Waals surface area contributed by atoms with Crippen molar-refractivity contribution >= 4 is 17.8 Å². The number of hydrogen-bond donors (Lipinski definition) is 2. The summed E-state index contributed by atoms with van der Waals surface area (Å²) in [7, 11) is 1.97. The maximum Gasteiger partial charge on any atom is 0.317 e. The van der Waals surface area contributed by atoms with Crippen molar-refractivity contribution in [3.05, 3.63) is 24.0 Å². The first-order chi connectivity index (χ1) is 11.6. The van der Waals surface area contributed by atoms with Gasteiger partial charge in [-0.25, -0.2) is 14.8 Å². The van der Waals surface area contributed by atoms with E-state index in [1.807, 2.05) is 29.6 Å². The Bertz CT molecular complexity index is 675. The van der Waals surface area contributed by atoms with E-state index in [9.17, 15) is 4.79 Å². The Kier molecular flexibility index (Phi) is 5.39. The number of nitrogens with zero attached hydrogens (tertiary/aromatic N) is 5. The van der Waals surface area contributed by atoms with Gasteiger partial charge < -0.3 is 14.8 Å². The number of imidazole rings is 1. The quantitative estimate of drug-likeness (QED) is 0.631. The van der Waals surface area contributed by atoms with Gasteiger partial charge in [0.05, 0.1) is 0 Å². The van der Waals surface area contributed by atoms with Gasteiger partial charge in [-0.2, -0.15) is 5.10 Å². The normalized spacial score (nSPS) is 15.7. The van der Waals surface area contributed by atoms with Crippen molar-refractivity contribution in [2.45, 2.75) is 30.8 Å². The van der Waals surface area contributed by atoms with Crippen molar-refractivity contribution in [1.82, 2.24) is 34.9 Å². The summed E-state index contributed by atoms with van der Waals surface area (Å²) in [5, 5.41) is 11.1. The van der Waals surface area contributed by atoms with Gasteiger partial charge in [0.1, 0.15) is 5.82 Å². The monoisotopic (exact) mass is 349 g/mol. The molecule has 0 aromatic carbocycles. The number of aryl methyl sites for hydroxylation is 2. The van der Waals surface area contributed by atoms with Crippen LogP contribution in [-0.4, -0.2) is 61.1 Å². The largest absolute Gasteiger partial charge is 0.337 e. The lowest BCUT2D eigenvalue weighted by Gasteiger charge is -2.30. The molecule has 3 heterocycles.